The molecule has 1 N–H and O–H groups in total. The molecule has 1 aromatic rings. The van der Waals surface area contributed by atoms with Crippen LogP contribution in [0.2, 0.25) is 0 Å². The summed E-state index contributed by atoms with van der Waals surface area (Å²) in [6, 6.07) is 4.50. The summed E-state index contributed by atoms with van der Waals surface area (Å²) in [5, 5.41) is 2.87. The van der Waals surface area contributed by atoms with E-state index in [0.717, 1.165) is 18.4 Å². The summed E-state index contributed by atoms with van der Waals surface area (Å²) in [5.41, 5.74) is 0.561. The summed E-state index contributed by atoms with van der Waals surface area (Å²) < 4.78 is 13.6. The Balaban J connectivity index is 2.26. The predicted molar refractivity (Wildman–Crippen MR) is 63.9 cm³/mol. The zero-order chi connectivity index (χ0) is 11.8. The van der Waals surface area contributed by atoms with Crippen LogP contribution in [-0.4, -0.2) is 11.8 Å². The van der Waals surface area contributed by atoms with Gasteiger partial charge in [-0.1, -0.05) is 22.0 Å². The largest absolute Gasteiger partial charge is 0.346 e. The molecule has 0 atom stereocenters. The van der Waals surface area contributed by atoms with E-state index in [2.05, 4.69) is 21.2 Å². The third-order valence-electron chi connectivity index (χ3n) is 2.70. The first kappa shape index (κ1) is 11.9. The molecule has 0 aromatic heterocycles. The summed E-state index contributed by atoms with van der Waals surface area (Å²) >= 11 is 8.77. The standard InChI is InChI=1S/C11H10BrClFNO/c12-9-5-7(14)1-2-8(9)11(3-4-11)15-10(16)6-13/h1-2,5H,3-4,6H2,(H,15,16). The van der Waals surface area contributed by atoms with Crippen molar-refractivity contribution in [3.63, 3.8) is 0 Å². The molecule has 0 saturated heterocycles. The van der Waals surface area contributed by atoms with Gasteiger partial charge in [-0.05, 0) is 30.5 Å². The number of hydrogen-bond donors (Lipinski definition) is 1. The van der Waals surface area contributed by atoms with Crippen LogP contribution in [0.1, 0.15) is 18.4 Å². The second-order valence-corrected chi connectivity index (χ2v) is 5.01. The lowest BCUT2D eigenvalue weighted by molar-refractivity contribution is -0.119. The van der Waals surface area contributed by atoms with Crippen LogP contribution >= 0.6 is 27.5 Å². The molecule has 0 aliphatic heterocycles. The summed E-state index contributed by atoms with van der Waals surface area (Å²) in [4.78, 5) is 11.3. The van der Waals surface area contributed by atoms with Gasteiger partial charge in [0.25, 0.3) is 0 Å². The van der Waals surface area contributed by atoms with E-state index in [4.69, 9.17) is 11.6 Å². The number of carbonyl (C=O) groups is 1. The van der Waals surface area contributed by atoms with E-state index < -0.39 is 0 Å². The maximum absolute atomic E-state index is 12.9. The third kappa shape index (κ3) is 2.23. The Kier molecular flexibility index (Phi) is 3.22. The van der Waals surface area contributed by atoms with E-state index in [1.54, 1.807) is 6.07 Å². The average molecular weight is 307 g/mol. The van der Waals surface area contributed by atoms with Crippen LogP contribution in [0.15, 0.2) is 22.7 Å². The quantitative estimate of drug-likeness (QED) is 0.855. The highest BCUT2D eigenvalue weighted by atomic mass is 79.9. The van der Waals surface area contributed by atoms with Gasteiger partial charge in [0.1, 0.15) is 11.7 Å². The lowest BCUT2D eigenvalue weighted by Gasteiger charge is -2.18. The molecule has 1 aliphatic carbocycles. The Labute approximate surface area is 106 Å². The van der Waals surface area contributed by atoms with Gasteiger partial charge in [-0.15, -0.1) is 11.6 Å². The maximum atomic E-state index is 12.9. The number of carbonyl (C=O) groups excluding carboxylic acids is 1. The fraction of sp³-hybridized carbons (Fsp3) is 0.364. The fourth-order valence-electron chi connectivity index (χ4n) is 1.76. The second-order valence-electron chi connectivity index (χ2n) is 3.89. The van der Waals surface area contributed by atoms with Crippen molar-refractivity contribution < 1.29 is 9.18 Å². The van der Waals surface area contributed by atoms with Gasteiger partial charge in [-0.3, -0.25) is 4.79 Å². The van der Waals surface area contributed by atoms with E-state index in [9.17, 15) is 9.18 Å². The minimum absolute atomic E-state index is 0.0550. The number of amides is 1. The van der Waals surface area contributed by atoms with E-state index in [0.29, 0.717) is 4.47 Å². The maximum Gasteiger partial charge on any atom is 0.235 e. The summed E-state index contributed by atoms with van der Waals surface area (Å²) in [5.74, 6) is -0.550. The van der Waals surface area contributed by atoms with Gasteiger partial charge in [-0.2, -0.15) is 0 Å². The summed E-state index contributed by atoms with van der Waals surface area (Å²) in [7, 11) is 0. The Morgan fingerprint density at radius 3 is 2.75 bits per heavy atom. The Morgan fingerprint density at radius 2 is 2.25 bits per heavy atom. The van der Waals surface area contributed by atoms with Crippen molar-refractivity contribution in [3.05, 3.63) is 34.1 Å². The van der Waals surface area contributed by atoms with E-state index in [1.807, 2.05) is 0 Å². The summed E-state index contributed by atoms with van der Waals surface area (Å²) in [6.07, 6.45) is 1.72. The minimum atomic E-state index is -0.349. The second kappa shape index (κ2) is 4.34. The first-order valence-electron chi connectivity index (χ1n) is 4.90. The Bertz CT molecular complexity index is 434. The molecule has 1 amide bonds. The van der Waals surface area contributed by atoms with Crippen molar-refractivity contribution in [1.82, 2.24) is 5.32 Å². The zero-order valence-electron chi connectivity index (χ0n) is 8.40. The van der Waals surface area contributed by atoms with Crippen LogP contribution in [0, 0.1) is 5.82 Å². The normalized spacial score (nSPS) is 16.9. The van der Waals surface area contributed by atoms with Crippen LogP contribution < -0.4 is 5.32 Å². The lowest BCUT2D eigenvalue weighted by Crippen LogP contribution is -2.35. The Morgan fingerprint density at radius 1 is 1.56 bits per heavy atom. The molecule has 0 heterocycles. The topological polar surface area (TPSA) is 29.1 Å². The van der Waals surface area contributed by atoms with Crippen molar-refractivity contribution in [1.29, 1.82) is 0 Å². The van der Waals surface area contributed by atoms with E-state index in [1.165, 1.54) is 12.1 Å². The van der Waals surface area contributed by atoms with Gasteiger partial charge in [0.15, 0.2) is 0 Å². The molecule has 1 aromatic carbocycles. The van der Waals surface area contributed by atoms with Crippen molar-refractivity contribution in [2.45, 2.75) is 18.4 Å². The van der Waals surface area contributed by atoms with Gasteiger partial charge < -0.3 is 5.32 Å². The zero-order valence-corrected chi connectivity index (χ0v) is 10.7. The smallest absolute Gasteiger partial charge is 0.235 e. The lowest BCUT2D eigenvalue weighted by atomic mass is 10.0. The molecule has 1 saturated carbocycles. The van der Waals surface area contributed by atoms with Crippen LogP contribution in [0.25, 0.3) is 0 Å². The van der Waals surface area contributed by atoms with Crippen LogP contribution in [0.3, 0.4) is 0 Å². The molecule has 86 valence electrons. The molecule has 5 heteroatoms. The molecular formula is C11H10BrClFNO. The highest BCUT2D eigenvalue weighted by Crippen LogP contribution is 2.48. The number of nitrogens with one attached hydrogen (secondary N) is 1. The molecule has 2 nitrogen and oxygen atoms in total. The molecule has 0 spiro atoms. The monoisotopic (exact) mass is 305 g/mol. The molecule has 0 radical (unpaired) electrons. The summed E-state index contributed by atoms with van der Waals surface area (Å²) in [6.45, 7) is 0. The van der Waals surface area contributed by atoms with Crippen LogP contribution in [0.4, 0.5) is 4.39 Å². The number of rotatable bonds is 3. The van der Waals surface area contributed by atoms with Crippen LogP contribution in [0.5, 0.6) is 0 Å². The molecule has 1 fully saturated rings. The molecule has 2 rings (SSSR count). The first-order chi connectivity index (χ1) is 7.57. The van der Waals surface area contributed by atoms with Gasteiger partial charge in [0.2, 0.25) is 5.91 Å². The molecule has 0 unspecified atom stereocenters. The predicted octanol–water partition coefficient (Wildman–Crippen LogP) is 2.93. The highest BCUT2D eigenvalue weighted by Gasteiger charge is 2.46. The Hall–Kier alpha value is -0.610. The SMILES string of the molecule is O=C(CCl)NC1(c2ccc(F)cc2Br)CC1. The molecule has 0 bridgehead atoms. The first-order valence-corrected chi connectivity index (χ1v) is 6.23. The van der Waals surface area contributed by atoms with Gasteiger partial charge in [0.05, 0.1) is 5.54 Å². The number of hydrogen-bond acceptors (Lipinski definition) is 1. The van der Waals surface area contributed by atoms with Crippen LogP contribution in [-0.2, 0) is 10.3 Å². The number of halogens is 3. The molecular weight excluding hydrogens is 296 g/mol. The number of benzene rings is 1. The van der Waals surface area contributed by atoms with Gasteiger partial charge >= 0.3 is 0 Å². The van der Waals surface area contributed by atoms with Gasteiger partial charge in [-0.25, -0.2) is 4.39 Å². The average Bonchev–Trinajstić information content (AvgIpc) is 2.98. The van der Waals surface area contributed by atoms with Crippen molar-refractivity contribution in [2.24, 2.45) is 0 Å². The number of alkyl halides is 1. The molecule has 1 aliphatic rings. The van der Waals surface area contributed by atoms with Gasteiger partial charge in [0, 0.05) is 4.47 Å². The van der Waals surface area contributed by atoms with E-state index in [-0.39, 0.29) is 23.1 Å². The minimum Gasteiger partial charge on any atom is -0.346 e. The van der Waals surface area contributed by atoms with Crippen molar-refractivity contribution >= 4 is 33.4 Å². The third-order valence-corrected chi connectivity index (χ3v) is 3.60. The van der Waals surface area contributed by atoms with E-state index >= 15 is 0 Å². The fourth-order valence-corrected chi connectivity index (χ4v) is 2.56. The van der Waals surface area contributed by atoms with Crippen molar-refractivity contribution in [3.8, 4) is 0 Å². The highest BCUT2D eigenvalue weighted by molar-refractivity contribution is 9.10. The van der Waals surface area contributed by atoms with Crippen molar-refractivity contribution in [2.75, 3.05) is 5.88 Å². The molecule has 16 heavy (non-hydrogen) atoms.